The fourth-order valence-corrected chi connectivity index (χ4v) is 3.81. The van der Waals surface area contributed by atoms with Gasteiger partial charge in [0.25, 0.3) is 0 Å². The minimum atomic E-state index is -0.0428. The van der Waals surface area contributed by atoms with Crippen molar-refractivity contribution < 1.29 is 4.79 Å². The predicted octanol–water partition coefficient (Wildman–Crippen LogP) is 3.44. The highest BCUT2D eigenvalue weighted by atomic mass is 32.2. The van der Waals surface area contributed by atoms with E-state index in [-0.39, 0.29) is 11.9 Å². The summed E-state index contributed by atoms with van der Waals surface area (Å²) in [5.74, 6) is 0.465. The topological polar surface area (TPSA) is 70.7 Å². The number of thioether (sulfide) groups is 1. The molecule has 5 nitrogen and oxygen atoms in total. The molecule has 1 amide bonds. The van der Waals surface area contributed by atoms with E-state index in [1.807, 2.05) is 47.2 Å². The highest BCUT2D eigenvalue weighted by Gasteiger charge is 2.20. The van der Waals surface area contributed by atoms with Crippen LogP contribution in [0.1, 0.15) is 22.7 Å². The van der Waals surface area contributed by atoms with Crippen LogP contribution in [0, 0.1) is 11.3 Å². The molecule has 1 aliphatic heterocycles. The van der Waals surface area contributed by atoms with Crippen molar-refractivity contribution in [3.8, 4) is 6.07 Å². The third kappa shape index (κ3) is 3.02. The normalized spacial score (nSPS) is 14.3. The van der Waals surface area contributed by atoms with Crippen LogP contribution in [0.25, 0.3) is 0 Å². The van der Waals surface area contributed by atoms with Gasteiger partial charge in [0.15, 0.2) is 0 Å². The molecule has 1 aliphatic rings. The third-order valence-corrected chi connectivity index (χ3v) is 5.19. The van der Waals surface area contributed by atoms with Gasteiger partial charge >= 0.3 is 0 Å². The van der Waals surface area contributed by atoms with Crippen molar-refractivity contribution >= 4 is 23.4 Å². The van der Waals surface area contributed by atoms with Gasteiger partial charge < -0.3 is 9.88 Å². The molecule has 3 aromatic rings. The van der Waals surface area contributed by atoms with Crippen molar-refractivity contribution in [1.29, 1.82) is 5.26 Å². The number of carbonyl (C=O) groups is 1. The number of rotatable bonds is 3. The highest BCUT2D eigenvalue weighted by molar-refractivity contribution is 8.00. The number of aromatic nitrogens is 2. The Morgan fingerprint density at radius 3 is 2.72 bits per heavy atom. The van der Waals surface area contributed by atoms with Crippen molar-refractivity contribution in [2.45, 2.75) is 10.9 Å². The maximum Gasteiger partial charge on any atom is 0.234 e. The summed E-state index contributed by atoms with van der Waals surface area (Å²) in [6.45, 7) is 0. The molecular weight excluding hydrogens is 332 g/mol. The van der Waals surface area contributed by atoms with Crippen LogP contribution in [-0.2, 0) is 4.79 Å². The maximum atomic E-state index is 11.5. The molecule has 0 aliphatic carbocycles. The Balaban J connectivity index is 1.79. The zero-order valence-corrected chi connectivity index (χ0v) is 14.0. The number of carbonyl (C=O) groups excluding carboxylic acids is 1. The molecule has 2 aromatic carbocycles. The van der Waals surface area contributed by atoms with Crippen LogP contribution in [0.3, 0.4) is 0 Å². The Hall–Kier alpha value is -3.04. The van der Waals surface area contributed by atoms with E-state index in [4.69, 9.17) is 5.26 Å². The van der Waals surface area contributed by atoms with E-state index in [1.165, 1.54) is 0 Å². The lowest BCUT2D eigenvalue weighted by Gasteiger charge is -2.23. The van der Waals surface area contributed by atoms with E-state index >= 15 is 0 Å². The number of hydrogen-bond donors (Lipinski definition) is 1. The number of fused-ring (bicyclic) bond motifs is 1. The van der Waals surface area contributed by atoms with Gasteiger partial charge in [-0.15, -0.1) is 11.8 Å². The summed E-state index contributed by atoms with van der Waals surface area (Å²) in [6.07, 6.45) is 5.47. The molecule has 6 heteroatoms. The SMILES string of the molecule is N#Cc1ccc(C(c2ccc3c(c2)SCC(=O)N3)n2ccnc2)cc1. The van der Waals surface area contributed by atoms with Gasteiger partial charge in [-0.2, -0.15) is 5.26 Å². The Kier molecular flexibility index (Phi) is 4.00. The Morgan fingerprint density at radius 1 is 1.20 bits per heavy atom. The zero-order chi connectivity index (χ0) is 17.2. The van der Waals surface area contributed by atoms with Crippen molar-refractivity contribution in [2.75, 3.05) is 11.1 Å². The maximum absolute atomic E-state index is 11.5. The monoisotopic (exact) mass is 346 g/mol. The molecule has 0 spiro atoms. The van der Waals surface area contributed by atoms with Crippen LogP contribution in [-0.4, -0.2) is 21.2 Å². The number of nitrogens with one attached hydrogen (secondary N) is 1. The number of nitrogens with zero attached hydrogens (tertiary/aromatic N) is 3. The number of hydrogen-bond acceptors (Lipinski definition) is 4. The number of amides is 1. The summed E-state index contributed by atoms with van der Waals surface area (Å²) < 4.78 is 2.04. The third-order valence-electron chi connectivity index (χ3n) is 4.13. The van der Waals surface area contributed by atoms with E-state index in [9.17, 15) is 4.79 Å². The van der Waals surface area contributed by atoms with E-state index in [0.29, 0.717) is 11.3 Å². The molecule has 1 atom stereocenters. The van der Waals surface area contributed by atoms with Crippen molar-refractivity contribution in [3.05, 3.63) is 77.9 Å². The van der Waals surface area contributed by atoms with Gasteiger partial charge in [-0.1, -0.05) is 18.2 Å². The van der Waals surface area contributed by atoms with E-state index in [0.717, 1.165) is 21.7 Å². The van der Waals surface area contributed by atoms with E-state index in [1.54, 1.807) is 24.3 Å². The summed E-state index contributed by atoms with van der Waals surface area (Å²) in [7, 11) is 0. The lowest BCUT2D eigenvalue weighted by molar-refractivity contribution is -0.113. The average Bonchev–Trinajstić information content (AvgIpc) is 3.17. The fourth-order valence-electron chi connectivity index (χ4n) is 2.96. The number of imidazole rings is 1. The Labute approximate surface area is 149 Å². The van der Waals surface area contributed by atoms with Gasteiger partial charge in [0.1, 0.15) is 0 Å². The first-order chi connectivity index (χ1) is 12.2. The lowest BCUT2D eigenvalue weighted by atomic mass is 9.97. The van der Waals surface area contributed by atoms with Crippen molar-refractivity contribution in [2.24, 2.45) is 0 Å². The Bertz CT molecular complexity index is 958. The number of nitriles is 1. The molecule has 4 rings (SSSR count). The summed E-state index contributed by atoms with van der Waals surface area (Å²) in [5, 5.41) is 11.9. The summed E-state index contributed by atoms with van der Waals surface area (Å²) in [6, 6.07) is 15.8. The van der Waals surface area contributed by atoms with Gasteiger partial charge in [-0.25, -0.2) is 4.98 Å². The lowest BCUT2D eigenvalue weighted by Crippen LogP contribution is -2.19. The predicted molar refractivity (Wildman–Crippen MR) is 96.4 cm³/mol. The largest absolute Gasteiger partial charge is 0.326 e. The standard InChI is InChI=1S/C19H14N4OS/c20-10-13-1-3-14(4-2-13)19(23-8-7-21-12-23)15-5-6-16-17(9-15)25-11-18(24)22-16/h1-9,12,19H,11H2,(H,22,24). The quantitative estimate of drug-likeness (QED) is 0.789. The molecular formula is C19H14N4OS. The average molecular weight is 346 g/mol. The van der Waals surface area contributed by atoms with E-state index < -0.39 is 0 Å². The minimum Gasteiger partial charge on any atom is -0.326 e. The molecule has 1 N–H and O–H groups in total. The molecule has 0 fully saturated rings. The van der Waals surface area contributed by atoms with Gasteiger partial charge in [0, 0.05) is 17.3 Å². The first kappa shape index (κ1) is 15.5. The molecule has 0 saturated carbocycles. The molecule has 1 unspecified atom stereocenters. The van der Waals surface area contributed by atoms with Crippen molar-refractivity contribution in [1.82, 2.24) is 9.55 Å². The second-order valence-electron chi connectivity index (χ2n) is 5.74. The van der Waals surface area contributed by atoms with Crippen LogP contribution < -0.4 is 5.32 Å². The van der Waals surface area contributed by atoms with E-state index in [2.05, 4.69) is 22.4 Å². The smallest absolute Gasteiger partial charge is 0.234 e. The Morgan fingerprint density at radius 2 is 2.00 bits per heavy atom. The van der Waals surface area contributed by atoms with Gasteiger partial charge in [0.05, 0.1) is 35.4 Å². The second-order valence-corrected chi connectivity index (χ2v) is 6.76. The van der Waals surface area contributed by atoms with Crippen LogP contribution in [0.15, 0.2) is 66.1 Å². The van der Waals surface area contributed by atoms with Crippen LogP contribution in [0.5, 0.6) is 0 Å². The molecule has 0 saturated heterocycles. The summed E-state index contributed by atoms with van der Waals surface area (Å²) >= 11 is 1.55. The number of anilines is 1. The summed E-state index contributed by atoms with van der Waals surface area (Å²) in [4.78, 5) is 16.8. The zero-order valence-electron chi connectivity index (χ0n) is 13.2. The molecule has 122 valence electrons. The molecule has 2 heterocycles. The minimum absolute atomic E-state index is 0.0310. The molecule has 25 heavy (non-hydrogen) atoms. The molecule has 0 radical (unpaired) electrons. The van der Waals surface area contributed by atoms with Crippen LogP contribution in [0.4, 0.5) is 5.69 Å². The first-order valence-corrected chi connectivity index (χ1v) is 8.77. The van der Waals surface area contributed by atoms with Gasteiger partial charge in [-0.05, 0) is 35.4 Å². The van der Waals surface area contributed by atoms with Crippen LogP contribution >= 0.6 is 11.8 Å². The van der Waals surface area contributed by atoms with Crippen LogP contribution in [0.2, 0.25) is 0 Å². The fraction of sp³-hybridized carbons (Fsp3) is 0.105. The van der Waals surface area contributed by atoms with Crippen molar-refractivity contribution in [3.63, 3.8) is 0 Å². The highest BCUT2D eigenvalue weighted by Crippen LogP contribution is 2.36. The number of benzene rings is 2. The molecule has 1 aromatic heterocycles. The molecule has 0 bridgehead atoms. The second kappa shape index (κ2) is 6.46. The van der Waals surface area contributed by atoms with Gasteiger partial charge in [0.2, 0.25) is 5.91 Å². The summed E-state index contributed by atoms with van der Waals surface area (Å²) in [5.41, 5.74) is 3.66. The van der Waals surface area contributed by atoms with Gasteiger partial charge in [-0.3, -0.25) is 4.79 Å². The first-order valence-electron chi connectivity index (χ1n) is 7.79.